The first-order valence-corrected chi connectivity index (χ1v) is 11.2. The van der Waals surface area contributed by atoms with Crippen molar-refractivity contribution in [3.05, 3.63) is 83.7 Å². The van der Waals surface area contributed by atoms with Crippen LogP contribution < -0.4 is 5.32 Å². The fraction of sp³-hybridized carbons (Fsp3) is 0.259. The molecule has 7 nitrogen and oxygen atoms in total. The molecular weight excluding hydrogens is 447 g/mol. The van der Waals surface area contributed by atoms with E-state index in [0.717, 1.165) is 22.3 Å². The minimum atomic E-state index is -2.29. The number of amides is 1. The number of aromatic nitrogens is 2. The molecule has 2 unspecified atom stereocenters. The summed E-state index contributed by atoms with van der Waals surface area (Å²) >= 11 is 0. The molecule has 3 aromatic rings. The number of nitriles is 1. The number of halogens is 1. The number of hydrogen-bond acceptors (Lipinski definition) is 6. The Morgan fingerprint density at radius 2 is 2.09 bits per heavy atom. The number of rotatable bonds is 8. The summed E-state index contributed by atoms with van der Waals surface area (Å²) in [6, 6.07) is 15.7. The van der Waals surface area contributed by atoms with Crippen molar-refractivity contribution in [2.75, 3.05) is 13.7 Å². The number of carbonyl (C=O) groups is 1. The number of benzene rings is 2. The van der Waals surface area contributed by atoms with Crippen molar-refractivity contribution in [2.24, 2.45) is 5.92 Å². The van der Waals surface area contributed by atoms with Crippen LogP contribution in [0.25, 0.3) is 22.6 Å². The molecule has 178 valence electrons. The van der Waals surface area contributed by atoms with E-state index in [9.17, 15) is 4.79 Å². The molecule has 0 aliphatic heterocycles. The van der Waals surface area contributed by atoms with Gasteiger partial charge in [0.15, 0.2) is 0 Å². The van der Waals surface area contributed by atoms with Crippen molar-refractivity contribution in [2.45, 2.75) is 25.6 Å². The molecule has 1 aliphatic carbocycles. The number of nitrogens with zero attached hydrogens (tertiary/aromatic N) is 3. The topological polar surface area (TPSA) is 101 Å². The van der Waals surface area contributed by atoms with Crippen LogP contribution in [0.5, 0.6) is 0 Å². The lowest BCUT2D eigenvalue weighted by Crippen LogP contribution is -2.42. The number of nitrogens with one attached hydrogen (secondary N) is 1. The molecule has 1 aromatic heterocycles. The quantitative estimate of drug-likeness (QED) is 0.473. The first-order valence-electron chi connectivity index (χ1n) is 11.2. The van der Waals surface area contributed by atoms with Crippen molar-refractivity contribution < 1.29 is 18.4 Å². The molecule has 2 atom stereocenters. The SMILES string of the molecule is COCc1cc(-c2nc(C3(F)C=CC=CC3C(=O)NCCC#N)no2)ccc1-c1ccccc1C. The van der Waals surface area contributed by atoms with E-state index in [1.165, 1.54) is 18.2 Å². The van der Waals surface area contributed by atoms with E-state index in [-0.39, 0.29) is 24.7 Å². The number of alkyl halides is 1. The zero-order chi connectivity index (χ0) is 24.8. The average molecular weight is 473 g/mol. The van der Waals surface area contributed by atoms with Gasteiger partial charge in [-0.25, -0.2) is 4.39 Å². The lowest BCUT2D eigenvalue weighted by Gasteiger charge is -2.27. The summed E-state index contributed by atoms with van der Waals surface area (Å²) in [4.78, 5) is 16.9. The van der Waals surface area contributed by atoms with Crippen molar-refractivity contribution >= 4 is 5.91 Å². The Hall–Kier alpha value is -4.09. The third-order valence-electron chi connectivity index (χ3n) is 5.88. The van der Waals surface area contributed by atoms with Crippen LogP contribution in [0.15, 0.2) is 71.3 Å². The number of hydrogen-bond donors (Lipinski definition) is 1. The molecule has 0 saturated heterocycles. The maximum atomic E-state index is 16.1. The molecule has 35 heavy (non-hydrogen) atoms. The molecule has 0 spiro atoms. The second-order valence-electron chi connectivity index (χ2n) is 8.23. The number of carbonyl (C=O) groups excluding carboxylic acids is 1. The first-order chi connectivity index (χ1) is 17.0. The predicted molar refractivity (Wildman–Crippen MR) is 128 cm³/mol. The van der Waals surface area contributed by atoms with Crippen LogP contribution in [0.1, 0.15) is 23.4 Å². The van der Waals surface area contributed by atoms with Gasteiger partial charge in [0.1, 0.15) is 5.92 Å². The van der Waals surface area contributed by atoms with Crippen LogP contribution in [0.2, 0.25) is 0 Å². The molecule has 2 aromatic carbocycles. The van der Waals surface area contributed by atoms with E-state index in [1.807, 2.05) is 55.5 Å². The number of ether oxygens (including phenoxy) is 1. The van der Waals surface area contributed by atoms with E-state index in [2.05, 4.69) is 15.5 Å². The molecule has 1 amide bonds. The van der Waals surface area contributed by atoms with Gasteiger partial charge in [0.05, 0.1) is 19.1 Å². The third kappa shape index (κ3) is 4.91. The molecular formula is C27H25FN4O3. The highest BCUT2D eigenvalue weighted by atomic mass is 19.1. The maximum absolute atomic E-state index is 16.1. The standard InChI is InChI=1S/C27H25FN4O3/c1-18-8-3-4-9-21(18)22-12-11-19(16-20(22)17-34-2)25-31-26(32-35-25)27(28)13-6-5-10-23(27)24(33)30-15-7-14-29/h3-6,8-13,16,23H,7,15,17H2,1-2H3,(H,30,33). The van der Waals surface area contributed by atoms with Crippen LogP contribution >= 0.6 is 0 Å². The van der Waals surface area contributed by atoms with Gasteiger partial charge in [-0.3, -0.25) is 4.79 Å². The third-order valence-corrected chi connectivity index (χ3v) is 5.88. The fourth-order valence-electron chi connectivity index (χ4n) is 4.09. The van der Waals surface area contributed by atoms with Crippen molar-refractivity contribution in [3.8, 4) is 28.7 Å². The Balaban J connectivity index is 1.66. The molecule has 0 fully saturated rings. The Labute approximate surface area is 202 Å². The molecule has 0 radical (unpaired) electrons. The average Bonchev–Trinajstić information content (AvgIpc) is 3.36. The number of aryl methyl sites for hydroxylation is 1. The summed E-state index contributed by atoms with van der Waals surface area (Å²) < 4.78 is 27.0. The van der Waals surface area contributed by atoms with Crippen LogP contribution in [0.3, 0.4) is 0 Å². The molecule has 8 heteroatoms. The van der Waals surface area contributed by atoms with Gasteiger partial charge in [-0.2, -0.15) is 10.2 Å². The minimum Gasteiger partial charge on any atom is -0.380 e. The van der Waals surface area contributed by atoms with Crippen LogP contribution in [0, 0.1) is 24.2 Å². The van der Waals surface area contributed by atoms with Gasteiger partial charge in [0, 0.05) is 19.2 Å². The van der Waals surface area contributed by atoms with E-state index in [0.29, 0.717) is 12.2 Å². The van der Waals surface area contributed by atoms with Gasteiger partial charge in [-0.05, 0) is 47.4 Å². The smallest absolute Gasteiger partial charge is 0.258 e. The zero-order valence-corrected chi connectivity index (χ0v) is 19.5. The Bertz CT molecular complexity index is 1320. The van der Waals surface area contributed by atoms with E-state index >= 15 is 4.39 Å². The highest BCUT2D eigenvalue weighted by Gasteiger charge is 2.46. The highest BCUT2D eigenvalue weighted by Crippen LogP contribution is 2.39. The molecule has 0 bridgehead atoms. The summed E-state index contributed by atoms with van der Waals surface area (Å²) in [6.45, 7) is 2.54. The van der Waals surface area contributed by atoms with Crippen LogP contribution in [-0.2, 0) is 21.8 Å². The zero-order valence-electron chi connectivity index (χ0n) is 19.5. The lowest BCUT2D eigenvalue weighted by atomic mass is 9.84. The van der Waals surface area contributed by atoms with Crippen LogP contribution in [0.4, 0.5) is 4.39 Å². The highest BCUT2D eigenvalue weighted by molar-refractivity contribution is 5.83. The largest absolute Gasteiger partial charge is 0.380 e. The Kier molecular flexibility index (Phi) is 7.18. The summed E-state index contributed by atoms with van der Waals surface area (Å²) in [5.41, 5.74) is 2.48. The maximum Gasteiger partial charge on any atom is 0.258 e. The monoisotopic (exact) mass is 472 g/mol. The number of methoxy groups -OCH3 is 1. The molecule has 1 N–H and O–H groups in total. The van der Waals surface area contributed by atoms with Gasteiger partial charge in [0.25, 0.3) is 5.89 Å². The van der Waals surface area contributed by atoms with Crippen LogP contribution in [-0.4, -0.2) is 29.7 Å². The predicted octanol–water partition coefficient (Wildman–Crippen LogP) is 4.80. The first kappa shape index (κ1) is 24.0. The van der Waals surface area contributed by atoms with E-state index in [4.69, 9.17) is 14.5 Å². The van der Waals surface area contributed by atoms with Gasteiger partial charge >= 0.3 is 0 Å². The van der Waals surface area contributed by atoms with Crippen molar-refractivity contribution in [1.82, 2.24) is 15.5 Å². The Morgan fingerprint density at radius 1 is 1.26 bits per heavy atom. The summed E-state index contributed by atoms with van der Waals surface area (Å²) in [5, 5.41) is 15.1. The lowest BCUT2D eigenvalue weighted by molar-refractivity contribution is -0.127. The number of allylic oxidation sites excluding steroid dienone is 3. The molecule has 0 saturated carbocycles. The van der Waals surface area contributed by atoms with Gasteiger partial charge < -0.3 is 14.6 Å². The van der Waals surface area contributed by atoms with Crippen molar-refractivity contribution in [1.29, 1.82) is 5.26 Å². The van der Waals surface area contributed by atoms with E-state index < -0.39 is 17.5 Å². The van der Waals surface area contributed by atoms with Gasteiger partial charge in [0.2, 0.25) is 17.4 Å². The minimum absolute atomic E-state index is 0.131. The summed E-state index contributed by atoms with van der Waals surface area (Å²) in [5.74, 6) is -1.86. The molecule has 4 rings (SSSR count). The molecule has 1 heterocycles. The summed E-state index contributed by atoms with van der Waals surface area (Å²) in [7, 11) is 1.62. The van der Waals surface area contributed by atoms with Gasteiger partial charge in [-0.15, -0.1) is 0 Å². The summed E-state index contributed by atoms with van der Waals surface area (Å²) in [6.07, 6.45) is 5.92. The second kappa shape index (κ2) is 10.5. The molecule has 1 aliphatic rings. The Morgan fingerprint density at radius 3 is 2.86 bits per heavy atom. The van der Waals surface area contributed by atoms with Gasteiger partial charge in [-0.1, -0.05) is 53.7 Å². The normalized spacial score (nSPS) is 18.9. The second-order valence-corrected chi connectivity index (χ2v) is 8.23. The van der Waals surface area contributed by atoms with E-state index in [1.54, 1.807) is 13.2 Å². The van der Waals surface area contributed by atoms with Crippen molar-refractivity contribution in [3.63, 3.8) is 0 Å². The fourth-order valence-corrected chi connectivity index (χ4v) is 4.09.